The van der Waals surface area contributed by atoms with Crippen molar-refractivity contribution in [2.45, 2.75) is 26.7 Å². The number of thiocarbonyl (C=S) groups is 1. The van der Waals surface area contributed by atoms with E-state index in [1.807, 2.05) is 0 Å². The van der Waals surface area contributed by atoms with Crippen molar-refractivity contribution in [1.82, 2.24) is 4.90 Å². The molecule has 1 unspecified atom stereocenters. The van der Waals surface area contributed by atoms with Gasteiger partial charge in [0.25, 0.3) is 0 Å². The summed E-state index contributed by atoms with van der Waals surface area (Å²) in [6, 6.07) is 0. The molecule has 0 spiro atoms. The lowest BCUT2D eigenvalue weighted by atomic mass is 10.1. The highest BCUT2D eigenvalue weighted by molar-refractivity contribution is 7.80. The Hall–Kier alpha value is -0.190. The van der Waals surface area contributed by atoms with Crippen molar-refractivity contribution in [3.05, 3.63) is 0 Å². The maximum absolute atomic E-state index is 5.51. The summed E-state index contributed by atoms with van der Waals surface area (Å²) >= 11 is 4.89. The molecule has 0 amide bonds. The first-order valence-electron chi connectivity index (χ1n) is 5.59. The van der Waals surface area contributed by atoms with E-state index in [0.29, 0.717) is 10.9 Å². The smallest absolute Gasteiger partial charge is 0.0740 e. The molecule has 90 valence electrons. The summed E-state index contributed by atoms with van der Waals surface area (Å²) in [6.07, 6.45) is 2.01. The van der Waals surface area contributed by atoms with Crippen LogP contribution < -0.4 is 5.73 Å². The van der Waals surface area contributed by atoms with E-state index < -0.39 is 0 Å². The van der Waals surface area contributed by atoms with Crippen LogP contribution in [0.3, 0.4) is 0 Å². The fourth-order valence-corrected chi connectivity index (χ4v) is 1.44. The largest absolute Gasteiger partial charge is 0.393 e. The van der Waals surface area contributed by atoms with Crippen LogP contribution in [0.1, 0.15) is 26.7 Å². The summed E-state index contributed by atoms with van der Waals surface area (Å²) in [5, 5.41) is 0. The molecule has 0 aliphatic heterocycles. The van der Waals surface area contributed by atoms with Crippen molar-refractivity contribution in [1.29, 1.82) is 0 Å². The molecule has 0 saturated heterocycles. The van der Waals surface area contributed by atoms with E-state index in [-0.39, 0.29) is 0 Å². The summed E-state index contributed by atoms with van der Waals surface area (Å²) in [5.41, 5.74) is 5.51. The fourth-order valence-electron chi connectivity index (χ4n) is 1.35. The lowest BCUT2D eigenvalue weighted by Crippen LogP contribution is -2.34. The number of hydrogen-bond acceptors (Lipinski definition) is 3. The van der Waals surface area contributed by atoms with Gasteiger partial charge in [0.05, 0.1) is 11.6 Å². The molecule has 0 saturated carbocycles. The lowest BCUT2D eigenvalue weighted by molar-refractivity contribution is 0.139. The molecule has 0 rings (SSSR count). The van der Waals surface area contributed by atoms with E-state index in [4.69, 9.17) is 22.7 Å². The lowest BCUT2D eigenvalue weighted by Gasteiger charge is -2.24. The molecule has 0 heterocycles. The number of rotatable bonds is 9. The molecule has 0 aliphatic carbocycles. The average Bonchev–Trinajstić information content (AvgIpc) is 2.21. The summed E-state index contributed by atoms with van der Waals surface area (Å²) in [6.45, 7) is 8.26. The molecule has 2 N–H and O–H groups in total. The van der Waals surface area contributed by atoms with Gasteiger partial charge in [0.1, 0.15) is 0 Å². The molecule has 0 fully saturated rings. The third-order valence-electron chi connectivity index (χ3n) is 2.55. The first-order chi connectivity index (χ1) is 7.10. The van der Waals surface area contributed by atoms with Gasteiger partial charge in [-0.3, -0.25) is 0 Å². The van der Waals surface area contributed by atoms with Crippen molar-refractivity contribution >= 4 is 17.2 Å². The Morgan fingerprint density at radius 1 is 1.47 bits per heavy atom. The molecule has 0 radical (unpaired) electrons. The zero-order chi connectivity index (χ0) is 11.7. The minimum atomic E-state index is 0.599. The molecule has 4 heteroatoms. The number of hydrogen-bond donors (Lipinski definition) is 1. The quantitative estimate of drug-likeness (QED) is 0.614. The number of ether oxygens (including phenoxy) is 1. The summed E-state index contributed by atoms with van der Waals surface area (Å²) in [7, 11) is 1.73. The molecule has 1 atom stereocenters. The Morgan fingerprint density at radius 3 is 2.60 bits per heavy atom. The minimum absolute atomic E-state index is 0.599. The minimum Gasteiger partial charge on any atom is -0.393 e. The van der Waals surface area contributed by atoms with Crippen molar-refractivity contribution in [3.8, 4) is 0 Å². The molecule has 0 aromatic carbocycles. The van der Waals surface area contributed by atoms with Crippen LogP contribution in [0.25, 0.3) is 0 Å². The Kier molecular flexibility index (Phi) is 8.95. The van der Waals surface area contributed by atoms with Gasteiger partial charge in [-0.15, -0.1) is 0 Å². The highest BCUT2D eigenvalue weighted by Gasteiger charge is 2.08. The van der Waals surface area contributed by atoms with Gasteiger partial charge in [-0.2, -0.15) is 0 Å². The maximum Gasteiger partial charge on any atom is 0.0740 e. The number of nitrogens with zero attached hydrogens (tertiary/aromatic N) is 1. The highest BCUT2D eigenvalue weighted by Crippen LogP contribution is 2.04. The van der Waals surface area contributed by atoms with Crippen LogP contribution in [0, 0.1) is 5.92 Å². The second kappa shape index (κ2) is 9.07. The van der Waals surface area contributed by atoms with Gasteiger partial charge >= 0.3 is 0 Å². The normalized spacial score (nSPS) is 13.1. The standard InChI is InChI=1S/C11H24N2OS/c1-4-10(2)9-13(7-8-14-3)6-5-11(12)15/h10H,4-9H2,1-3H3,(H2,12,15). The van der Waals surface area contributed by atoms with Gasteiger partial charge < -0.3 is 15.4 Å². The van der Waals surface area contributed by atoms with Gasteiger partial charge in [-0.05, 0) is 5.92 Å². The highest BCUT2D eigenvalue weighted by atomic mass is 32.1. The topological polar surface area (TPSA) is 38.5 Å². The molecular formula is C11H24N2OS. The molecule has 0 aromatic rings. The van der Waals surface area contributed by atoms with Crippen LogP contribution in [-0.2, 0) is 4.74 Å². The van der Waals surface area contributed by atoms with Crippen molar-refractivity contribution < 1.29 is 4.74 Å². The van der Waals surface area contributed by atoms with E-state index in [1.165, 1.54) is 6.42 Å². The SMILES string of the molecule is CCC(C)CN(CCOC)CCC(N)=S. The van der Waals surface area contributed by atoms with Crippen LogP contribution in [0.15, 0.2) is 0 Å². The second-order valence-electron chi connectivity index (χ2n) is 4.02. The molecule has 15 heavy (non-hydrogen) atoms. The summed E-state index contributed by atoms with van der Waals surface area (Å²) in [4.78, 5) is 2.97. The Morgan fingerprint density at radius 2 is 2.13 bits per heavy atom. The Labute approximate surface area is 99.0 Å². The van der Waals surface area contributed by atoms with Crippen molar-refractivity contribution in [2.75, 3.05) is 33.4 Å². The van der Waals surface area contributed by atoms with E-state index >= 15 is 0 Å². The van der Waals surface area contributed by atoms with Crippen molar-refractivity contribution in [3.63, 3.8) is 0 Å². The molecule has 3 nitrogen and oxygen atoms in total. The Balaban J connectivity index is 3.88. The molecular weight excluding hydrogens is 208 g/mol. The maximum atomic E-state index is 5.51. The van der Waals surface area contributed by atoms with E-state index in [1.54, 1.807) is 7.11 Å². The number of methoxy groups -OCH3 is 1. The average molecular weight is 232 g/mol. The van der Waals surface area contributed by atoms with Gasteiger partial charge in [0.15, 0.2) is 0 Å². The van der Waals surface area contributed by atoms with Crippen LogP contribution in [0.5, 0.6) is 0 Å². The fraction of sp³-hybridized carbons (Fsp3) is 0.909. The molecule has 0 aliphatic rings. The zero-order valence-electron chi connectivity index (χ0n) is 10.2. The van der Waals surface area contributed by atoms with Crippen LogP contribution in [0.4, 0.5) is 0 Å². The molecule has 0 bridgehead atoms. The van der Waals surface area contributed by atoms with E-state index in [2.05, 4.69) is 18.7 Å². The van der Waals surface area contributed by atoms with E-state index in [9.17, 15) is 0 Å². The summed E-state index contributed by atoms with van der Waals surface area (Å²) in [5.74, 6) is 0.716. The van der Waals surface area contributed by atoms with Crippen LogP contribution in [-0.4, -0.2) is 43.2 Å². The second-order valence-corrected chi connectivity index (χ2v) is 4.55. The van der Waals surface area contributed by atoms with E-state index in [0.717, 1.165) is 32.7 Å². The van der Waals surface area contributed by atoms with Gasteiger partial charge in [-0.25, -0.2) is 0 Å². The third-order valence-corrected chi connectivity index (χ3v) is 2.76. The van der Waals surface area contributed by atoms with Crippen LogP contribution in [0.2, 0.25) is 0 Å². The molecule has 0 aromatic heterocycles. The van der Waals surface area contributed by atoms with Crippen LogP contribution >= 0.6 is 12.2 Å². The van der Waals surface area contributed by atoms with Gasteiger partial charge in [0, 0.05) is 33.2 Å². The van der Waals surface area contributed by atoms with Crippen molar-refractivity contribution in [2.24, 2.45) is 11.7 Å². The van der Waals surface area contributed by atoms with Gasteiger partial charge in [0.2, 0.25) is 0 Å². The number of nitrogens with two attached hydrogens (primary N) is 1. The zero-order valence-corrected chi connectivity index (χ0v) is 11.0. The summed E-state index contributed by atoms with van der Waals surface area (Å²) < 4.78 is 5.09. The predicted octanol–water partition coefficient (Wildman–Crippen LogP) is 1.66. The first kappa shape index (κ1) is 14.8. The third kappa shape index (κ3) is 8.78. The van der Waals surface area contributed by atoms with Gasteiger partial charge in [-0.1, -0.05) is 32.5 Å². The first-order valence-corrected chi connectivity index (χ1v) is 6.00. The Bertz CT molecular complexity index is 176. The monoisotopic (exact) mass is 232 g/mol. The predicted molar refractivity (Wildman–Crippen MR) is 69.2 cm³/mol.